The highest BCUT2D eigenvalue weighted by molar-refractivity contribution is 5.79. The van der Waals surface area contributed by atoms with Crippen molar-refractivity contribution in [1.82, 2.24) is 30.1 Å². The number of pyridine rings is 1. The predicted octanol–water partition coefficient (Wildman–Crippen LogP) is 4.57. The van der Waals surface area contributed by atoms with Gasteiger partial charge in [-0.2, -0.15) is 0 Å². The Kier molecular flexibility index (Phi) is 6.81. The first kappa shape index (κ1) is 22.5. The molecule has 2 heterocycles. The van der Waals surface area contributed by atoms with E-state index in [1.165, 1.54) is 24.8 Å². The quantitative estimate of drug-likeness (QED) is 0.420. The van der Waals surface area contributed by atoms with Gasteiger partial charge in [0.1, 0.15) is 0 Å². The number of fused-ring (bicyclic) bond motifs is 1. The molecule has 4 aromatic rings. The van der Waals surface area contributed by atoms with Gasteiger partial charge in [-0.05, 0) is 65.3 Å². The molecular weight excluding hydrogens is 424 g/mol. The molecule has 34 heavy (non-hydrogen) atoms. The normalized spacial score (nSPS) is 14.8. The van der Waals surface area contributed by atoms with Gasteiger partial charge in [-0.1, -0.05) is 61.7 Å². The molecule has 1 N–H and O–H groups in total. The first-order chi connectivity index (χ1) is 16.7. The Balaban J connectivity index is 1.40. The van der Waals surface area contributed by atoms with Gasteiger partial charge in [-0.15, -0.1) is 5.10 Å². The number of aromatic nitrogens is 5. The van der Waals surface area contributed by atoms with Crippen LogP contribution >= 0.6 is 0 Å². The van der Waals surface area contributed by atoms with Gasteiger partial charge in [0.25, 0.3) is 5.56 Å². The molecule has 0 aliphatic heterocycles. The molecule has 1 aliphatic rings. The highest BCUT2D eigenvalue weighted by Gasteiger charge is 2.22. The van der Waals surface area contributed by atoms with Gasteiger partial charge in [0.15, 0.2) is 5.82 Å². The third-order valence-electron chi connectivity index (χ3n) is 6.88. The fraction of sp³-hybridized carbons (Fsp3) is 0.407. The van der Waals surface area contributed by atoms with Crippen LogP contribution in [0.4, 0.5) is 0 Å². The van der Waals surface area contributed by atoms with E-state index in [0.717, 1.165) is 53.7 Å². The zero-order chi connectivity index (χ0) is 23.3. The van der Waals surface area contributed by atoms with E-state index in [1.54, 1.807) is 0 Å². The van der Waals surface area contributed by atoms with Crippen LogP contribution in [-0.2, 0) is 19.5 Å². The summed E-state index contributed by atoms with van der Waals surface area (Å²) in [5, 5.41) is 13.8. The smallest absolute Gasteiger partial charge is 0.252 e. The summed E-state index contributed by atoms with van der Waals surface area (Å²) < 4.78 is 2.03. The number of rotatable bonds is 8. The summed E-state index contributed by atoms with van der Waals surface area (Å²) in [6.07, 6.45) is 6.91. The van der Waals surface area contributed by atoms with Gasteiger partial charge < -0.3 is 4.98 Å². The lowest BCUT2D eigenvalue weighted by Crippen LogP contribution is -2.30. The molecule has 0 spiro atoms. The summed E-state index contributed by atoms with van der Waals surface area (Å²) in [5.41, 5.74) is 4.03. The molecule has 1 fully saturated rings. The maximum atomic E-state index is 12.9. The Morgan fingerprint density at radius 1 is 1.03 bits per heavy atom. The number of nitrogens with one attached hydrogen (secondary N) is 1. The van der Waals surface area contributed by atoms with Crippen molar-refractivity contribution < 1.29 is 0 Å². The fourth-order valence-electron chi connectivity index (χ4n) is 4.99. The lowest BCUT2D eigenvalue weighted by molar-refractivity contribution is 0.235. The third-order valence-corrected chi connectivity index (χ3v) is 6.88. The highest BCUT2D eigenvalue weighted by atomic mass is 16.1. The molecule has 2 aromatic carbocycles. The monoisotopic (exact) mass is 456 g/mol. The number of tetrazole rings is 1. The lowest BCUT2D eigenvalue weighted by Gasteiger charge is -2.25. The van der Waals surface area contributed by atoms with Crippen LogP contribution in [0.15, 0.2) is 59.4 Å². The second-order valence-electron chi connectivity index (χ2n) is 9.49. The van der Waals surface area contributed by atoms with Crippen molar-refractivity contribution in [2.75, 3.05) is 6.54 Å². The summed E-state index contributed by atoms with van der Waals surface area (Å²) in [4.78, 5) is 18.3. The molecular formula is C27H32N6O. The van der Waals surface area contributed by atoms with Crippen molar-refractivity contribution in [2.45, 2.75) is 64.6 Å². The third kappa shape index (κ3) is 5.25. The van der Waals surface area contributed by atoms with Gasteiger partial charge in [0.2, 0.25) is 0 Å². The Labute approximate surface area is 199 Å². The first-order valence-corrected chi connectivity index (χ1v) is 12.3. The first-order valence-electron chi connectivity index (χ1n) is 12.3. The fourth-order valence-corrected chi connectivity index (χ4v) is 4.99. The Morgan fingerprint density at radius 3 is 2.68 bits per heavy atom. The minimum atomic E-state index is -0.0327. The minimum Gasteiger partial charge on any atom is -0.322 e. The number of hydrogen-bond acceptors (Lipinski definition) is 5. The van der Waals surface area contributed by atoms with Crippen LogP contribution in [0.2, 0.25) is 0 Å². The molecule has 2 aromatic heterocycles. The van der Waals surface area contributed by atoms with E-state index in [2.05, 4.69) is 61.8 Å². The molecule has 0 unspecified atom stereocenters. The van der Waals surface area contributed by atoms with Gasteiger partial charge in [0.05, 0.1) is 12.6 Å². The van der Waals surface area contributed by atoms with Crippen LogP contribution in [-0.4, -0.2) is 36.6 Å². The zero-order valence-electron chi connectivity index (χ0n) is 19.8. The number of aromatic amines is 1. The number of benzene rings is 2. The summed E-state index contributed by atoms with van der Waals surface area (Å²) in [6, 6.07) is 19.0. The van der Waals surface area contributed by atoms with Crippen molar-refractivity contribution in [3.8, 4) is 0 Å². The summed E-state index contributed by atoms with van der Waals surface area (Å²) in [5.74, 6) is 0.882. The van der Waals surface area contributed by atoms with Crippen molar-refractivity contribution in [2.24, 2.45) is 0 Å². The van der Waals surface area contributed by atoms with E-state index < -0.39 is 0 Å². The van der Waals surface area contributed by atoms with Gasteiger partial charge >= 0.3 is 0 Å². The number of H-pyrrole nitrogens is 1. The molecule has 0 saturated heterocycles. The molecule has 5 rings (SSSR count). The highest BCUT2D eigenvalue weighted by Crippen LogP contribution is 2.28. The SMILES string of the molecule is Cc1ccc2cc(CN(CCc3ccccc3)Cc3nnnn3C3CCCCC3)c(=O)[nH]c2c1. The second-order valence-corrected chi connectivity index (χ2v) is 9.49. The van der Waals surface area contributed by atoms with Crippen LogP contribution in [0, 0.1) is 6.92 Å². The topological polar surface area (TPSA) is 79.7 Å². The van der Waals surface area contributed by atoms with Crippen LogP contribution in [0.5, 0.6) is 0 Å². The molecule has 7 nitrogen and oxygen atoms in total. The maximum absolute atomic E-state index is 12.9. The van der Waals surface area contributed by atoms with E-state index in [0.29, 0.717) is 19.1 Å². The van der Waals surface area contributed by atoms with E-state index in [1.807, 2.05) is 29.8 Å². The van der Waals surface area contributed by atoms with Crippen molar-refractivity contribution in [3.05, 3.63) is 87.5 Å². The standard InChI is InChI=1S/C27H32N6O/c1-20-12-13-22-17-23(27(34)28-25(22)16-20)18-32(15-14-21-8-4-2-5-9-21)19-26-29-30-31-33(26)24-10-6-3-7-11-24/h2,4-5,8-9,12-13,16-17,24H,3,6-7,10-11,14-15,18-19H2,1H3,(H,28,34). The Morgan fingerprint density at radius 2 is 1.85 bits per heavy atom. The van der Waals surface area contributed by atoms with E-state index >= 15 is 0 Å². The molecule has 1 aliphatic carbocycles. The van der Waals surface area contributed by atoms with Crippen LogP contribution in [0.3, 0.4) is 0 Å². The number of hydrogen-bond donors (Lipinski definition) is 1. The van der Waals surface area contributed by atoms with Crippen LogP contribution in [0.1, 0.15) is 60.7 Å². The molecule has 176 valence electrons. The number of nitrogens with zero attached hydrogens (tertiary/aromatic N) is 5. The maximum Gasteiger partial charge on any atom is 0.252 e. The minimum absolute atomic E-state index is 0.0327. The average molecular weight is 457 g/mol. The molecule has 0 radical (unpaired) electrons. The molecule has 7 heteroatoms. The predicted molar refractivity (Wildman–Crippen MR) is 134 cm³/mol. The molecule has 0 bridgehead atoms. The van der Waals surface area contributed by atoms with Crippen LogP contribution < -0.4 is 5.56 Å². The van der Waals surface area contributed by atoms with E-state index in [4.69, 9.17) is 0 Å². The van der Waals surface area contributed by atoms with Crippen LogP contribution in [0.25, 0.3) is 10.9 Å². The van der Waals surface area contributed by atoms with Gasteiger partial charge in [0, 0.05) is 24.2 Å². The Hall–Kier alpha value is -3.32. The second kappa shape index (κ2) is 10.3. The van der Waals surface area contributed by atoms with Crippen molar-refractivity contribution in [3.63, 3.8) is 0 Å². The van der Waals surface area contributed by atoms with Crippen molar-refractivity contribution >= 4 is 10.9 Å². The van der Waals surface area contributed by atoms with Crippen molar-refractivity contribution in [1.29, 1.82) is 0 Å². The number of aryl methyl sites for hydroxylation is 1. The Bertz CT molecular complexity index is 1290. The van der Waals surface area contributed by atoms with Gasteiger partial charge in [-0.25, -0.2) is 4.68 Å². The molecule has 0 amide bonds. The van der Waals surface area contributed by atoms with E-state index in [9.17, 15) is 4.79 Å². The zero-order valence-corrected chi connectivity index (χ0v) is 19.8. The lowest BCUT2D eigenvalue weighted by atomic mass is 9.95. The molecule has 0 atom stereocenters. The summed E-state index contributed by atoms with van der Waals surface area (Å²) in [6.45, 7) is 4.01. The summed E-state index contributed by atoms with van der Waals surface area (Å²) in [7, 11) is 0. The van der Waals surface area contributed by atoms with E-state index in [-0.39, 0.29) is 5.56 Å². The average Bonchev–Trinajstić information content (AvgIpc) is 3.32. The van der Waals surface area contributed by atoms with Gasteiger partial charge in [-0.3, -0.25) is 9.69 Å². The largest absolute Gasteiger partial charge is 0.322 e. The summed E-state index contributed by atoms with van der Waals surface area (Å²) >= 11 is 0. The molecule has 1 saturated carbocycles.